The predicted molar refractivity (Wildman–Crippen MR) is 108 cm³/mol. The van der Waals surface area contributed by atoms with Gasteiger partial charge in [0.15, 0.2) is 0 Å². The lowest BCUT2D eigenvalue weighted by Crippen LogP contribution is -2.41. The molecule has 0 aliphatic rings. The molecule has 2 aromatic carbocycles. The first-order valence-corrected chi connectivity index (χ1v) is 10.5. The van der Waals surface area contributed by atoms with Gasteiger partial charge >= 0.3 is 6.03 Å². The van der Waals surface area contributed by atoms with Gasteiger partial charge in [-0.1, -0.05) is 47.0 Å². The van der Waals surface area contributed by atoms with Crippen molar-refractivity contribution in [2.45, 2.75) is 24.8 Å². The number of nitrogens with one attached hydrogen (secondary N) is 3. The minimum Gasteiger partial charge on any atom is -0.337 e. The summed E-state index contributed by atoms with van der Waals surface area (Å²) in [7, 11) is -3.60. The minimum absolute atomic E-state index is 0.0692. The molecular weight excluding hydrogens is 409 g/mol. The van der Waals surface area contributed by atoms with Crippen LogP contribution in [0, 0.1) is 6.92 Å². The molecule has 0 aliphatic heterocycles. The Bertz CT molecular complexity index is 903. The number of rotatable bonds is 7. The highest BCUT2D eigenvalue weighted by Crippen LogP contribution is 2.25. The Kier molecular flexibility index (Phi) is 7.49. The van der Waals surface area contributed by atoms with E-state index in [1.165, 1.54) is 12.1 Å². The summed E-state index contributed by atoms with van der Waals surface area (Å²) in [4.78, 5) is 12.2. The zero-order chi connectivity index (χ0) is 20.0. The number of aryl methyl sites for hydroxylation is 1. The second-order valence-electron chi connectivity index (χ2n) is 6.00. The van der Waals surface area contributed by atoms with Crippen LogP contribution < -0.4 is 15.4 Å². The third kappa shape index (κ3) is 6.39. The van der Waals surface area contributed by atoms with Crippen molar-refractivity contribution in [2.75, 3.05) is 13.1 Å². The molecule has 27 heavy (non-hydrogen) atoms. The first-order valence-electron chi connectivity index (χ1n) is 8.24. The lowest BCUT2D eigenvalue weighted by Gasteiger charge is -2.16. The van der Waals surface area contributed by atoms with E-state index in [9.17, 15) is 13.2 Å². The van der Waals surface area contributed by atoms with E-state index in [1.54, 1.807) is 37.3 Å². The highest BCUT2D eigenvalue weighted by molar-refractivity contribution is 7.89. The SMILES string of the molecule is Cc1ccc(S(=O)(=O)NCCNC(=O)N[C@@H](C)c2ccc(Cl)cc2Cl)cc1. The van der Waals surface area contributed by atoms with Gasteiger partial charge in [0.1, 0.15) is 0 Å². The Balaban J connectivity index is 1.79. The number of amides is 2. The molecule has 0 radical (unpaired) electrons. The van der Waals surface area contributed by atoms with Crippen molar-refractivity contribution in [2.24, 2.45) is 0 Å². The first kappa shape index (κ1) is 21.5. The number of hydrogen-bond acceptors (Lipinski definition) is 3. The minimum atomic E-state index is -3.60. The monoisotopic (exact) mass is 429 g/mol. The van der Waals surface area contributed by atoms with E-state index >= 15 is 0 Å². The van der Waals surface area contributed by atoms with Crippen LogP contribution in [0.1, 0.15) is 24.1 Å². The van der Waals surface area contributed by atoms with Crippen LogP contribution in [0.5, 0.6) is 0 Å². The van der Waals surface area contributed by atoms with Crippen LogP contribution in [0.25, 0.3) is 0 Å². The molecule has 9 heteroatoms. The van der Waals surface area contributed by atoms with Crippen molar-refractivity contribution in [3.63, 3.8) is 0 Å². The molecule has 0 aromatic heterocycles. The van der Waals surface area contributed by atoms with Gasteiger partial charge in [0, 0.05) is 23.1 Å². The average Bonchev–Trinajstić information content (AvgIpc) is 2.59. The van der Waals surface area contributed by atoms with Gasteiger partial charge in [-0.3, -0.25) is 0 Å². The van der Waals surface area contributed by atoms with Gasteiger partial charge in [0.25, 0.3) is 0 Å². The first-order chi connectivity index (χ1) is 12.7. The zero-order valence-electron chi connectivity index (χ0n) is 14.9. The van der Waals surface area contributed by atoms with E-state index in [1.807, 2.05) is 6.92 Å². The van der Waals surface area contributed by atoms with Gasteiger partial charge in [-0.2, -0.15) is 0 Å². The quantitative estimate of drug-likeness (QED) is 0.587. The summed E-state index contributed by atoms with van der Waals surface area (Å²) >= 11 is 12.0. The largest absolute Gasteiger partial charge is 0.337 e. The topological polar surface area (TPSA) is 87.3 Å². The molecule has 0 bridgehead atoms. The summed E-state index contributed by atoms with van der Waals surface area (Å²) in [5.74, 6) is 0. The second-order valence-corrected chi connectivity index (χ2v) is 8.61. The van der Waals surface area contributed by atoms with Gasteiger partial charge in [-0.15, -0.1) is 0 Å². The molecule has 146 valence electrons. The molecule has 0 spiro atoms. The zero-order valence-corrected chi connectivity index (χ0v) is 17.3. The highest BCUT2D eigenvalue weighted by atomic mass is 35.5. The molecule has 6 nitrogen and oxygen atoms in total. The van der Waals surface area contributed by atoms with Crippen molar-refractivity contribution in [1.82, 2.24) is 15.4 Å². The Morgan fingerprint density at radius 3 is 2.37 bits per heavy atom. The van der Waals surface area contributed by atoms with Crippen LogP contribution in [-0.4, -0.2) is 27.5 Å². The fourth-order valence-corrected chi connectivity index (χ4v) is 3.94. The molecule has 0 heterocycles. The molecule has 3 N–H and O–H groups in total. The van der Waals surface area contributed by atoms with Gasteiger partial charge in [-0.25, -0.2) is 17.9 Å². The molecule has 2 rings (SSSR count). The standard InChI is InChI=1S/C18H21Cl2N3O3S/c1-12-3-6-15(7-4-12)27(25,26)22-10-9-21-18(24)23-13(2)16-8-5-14(19)11-17(16)20/h3-8,11,13,22H,9-10H2,1-2H3,(H2,21,23,24)/t13-/m0/s1. The molecule has 0 aliphatic carbocycles. The maximum absolute atomic E-state index is 12.2. The van der Waals surface area contributed by atoms with Crippen molar-refractivity contribution < 1.29 is 13.2 Å². The molecular formula is C18H21Cl2N3O3S. The third-order valence-corrected chi connectivity index (χ3v) is 5.85. The fourth-order valence-electron chi connectivity index (χ4n) is 2.34. The van der Waals surface area contributed by atoms with Gasteiger partial charge in [0.2, 0.25) is 10.0 Å². The summed E-state index contributed by atoms with van der Waals surface area (Å²) in [6.45, 7) is 3.87. The summed E-state index contributed by atoms with van der Waals surface area (Å²) in [6.07, 6.45) is 0. The summed E-state index contributed by atoms with van der Waals surface area (Å²) < 4.78 is 26.7. The Morgan fingerprint density at radius 1 is 1.07 bits per heavy atom. The number of benzene rings is 2. The smallest absolute Gasteiger partial charge is 0.315 e. The second kappa shape index (κ2) is 9.41. The van der Waals surface area contributed by atoms with Crippen LogP contribution in [0.3, 0.4) is 0 Å². The molecule has 0 saturated heterocycles. The molecule has 1 atom stereocenters. The summed E-state index contributed by atoms with van der Waals surface area (Å²) in [5.41, 5.74) is 1.71. The van der Waals surface area contributed by atoms with Crippen molar-refractivity contribution in [3.8, 4) is 0 Å². The molecule has 0 saturated carbocycles. The van der Waals surface area contributed by atoms with Crippen LogP contribution in [0.2, 0.25) is 10.0 Å². The molecule has 0 unspecified atom stereocenters. The average molecular weight is 430 g/mol. The van der Waals surface area contributed by atoms with Gasteiger partial charge in [-0.05, 0) is 43.7 Å². The lowest BCUT2D eigenvalue weighted by atomic mass is 10.1. The summed E-state index contributed by atoms with van der Waals surface area (Å²) in [6, 6.07) is 10.8. The van der Waals surface area contributed by atoms with Crippen molar-refractivity contribution in [1.29, 1.82) is 0 Å². The number of sulfonamides is 1. The maximum Gasteiger partial charge on any atom is 0.315 e. The Labute approximate surface area is 169 Å². The van der Waals surface area contributed by atoms with E-state index in [-0.39, 0.29) is 24.0 Å². The number of carbonyl (C=O) groups excluding carboxylic acids is 1. The van der Waals surface area contributed by atoms with Crippen molar-refractivity contribution in [3.05, 3.63) is 63.6 Å². The van der Waals surface area contributed by atoms with E-state index in [0.717, 1.165) is 11.1 Å². The predicted octanol–water partition coefficient (Wildman–Crippen LogP) is 3.64. The number of hydrogen-bond donors (Lipinski definition) is 3. The van der Waals surface area contributed by atoms with E-state index < -0.39 is 16.1 Å². The van der Waals surface area contributed by atoms with E-state index in [0.29, 0.717) is 10.0 Å². The van der Waals surface area contributed by atoms with Crippen molar-refractivity contribution >= 4 is 39.3 Å². The normalized spacial score (nSPS) is 12.4. The van der Waals surface area contributed by atoms with E-state index in [2.05, 4.69) is 15.4 Å². The van der Waals surface area contributed by atoms with Crippen LogP contribution in [0.15, 0.2) is 47.4 Å². The highest BCUT2D eigenvalue weighted by Gasteiger charge is 2.14. The molecule has 2 aromatic rings. The number of carbonyl (C=O) groups is 1. The molecule has 0 fully saturated rings. The Morgan fingerprint density at radius 2 is 1.74 bits per heavy atom. The van der Waals surface area contributed by atoms with Gasteiger partial charge < -0.3 is 10.6 Å². The number of urea groups is 1. The van der Waals surface area contributed by atoms with Crippen LogP contribution in [0.4, 0.5) is 4.79 Å². The summed E-state index contributed by atoms with van der Waals surface area (Å²) in [5, 5.41) is 6.31. The number of halogens is 2. The van der Waals surface area contributed by atoms with Crippen LogP contribution in [-0.2, 0) is 10.0 Å². The molecule has 2 amide bonds. The maximum atomic E-state index is 12.2. The third-order valence-electron chi connectivity index (χ3n) is 3.81. The Hall–Kier alpha value is -1.80. The van der Waals surface area contributed by atoms with Crippen LogP contribution >= 0.6 is 23.2 Å². The van der Waals surface area contributed by atoms with E-state index in [4.69, 9.17) is 23.2 Å². The lowest BCUT2D eigenvalue weighted by molar-refractivity contribution is 0.238. The fraction of sp³-hybridized carbons (Fsp3) is 0.278. The van der Waals surface area contributed by atoms with Gasteiger partial charge in [0.05, 0.1) is 10.9 Å².